The van der Waals surface area contributed by atoms with Crippen molar-refractivity contribution in [1.82, 2.24) is 10.2 Å². The molecule has 1 fully saturated rings. The summed E-state index contributed by atoms with van der Waals surface area (Å²) in [6.45, 7) is 2.69. The average molecular weight is 290 g/mol. The van der Waals surface area contributed by atoms with E-state index < -0.39 is 0 Å². The van der Waals surface area contributed by atoms with Gasteiger partial charge in [0.05, 0.1) is 12.4 Å². The highest BCUT2D eigenvalue weighted by atomic mass is 32.2. The fraction of sp³-hybridized carbons (Fsp3) is 0.467. The molecule has 1 aliphatic rings. The van der Waals surface area contributed by atoms with E-state index in [2.05, 4.69) is 16.3 Å². The maximum absolute atomic E-state index is 5.65. The minimum atomic E-state index is 0.528. The zero-order chi connectivity index (χ0) is 13.8. The summed E-state index contributed by atoms with van der Waals surface area (Å²) in [4.78, 5) is 0. The smallest absolute Gasteiger partial charge is 0.226 e. The van der Waals surface area contributed by atoms with Crippen molar-refractivity contribution in [3.63, 3.8) is 0 Å². The number of hydrogen-bond donors (Lipinski definition) is 0. The van der Waals surface area contributed by atoms with Crippen LogP contribution in [0.3, 0.4) is 0 Å². The molecule has 1 saturated carbocycles. The topological polar surface area (TPSA) is 48.2 Å². The first-order valence-corrected chi connectivity index (χ1v) is 8.13. The Morgan fingerprint density at radius 1 is 1.25 bits per heavy atom. The van der Waals surface area contributed by atoms with Crippen molar-refractivity contribution in [1.29, 1.82) is 0 Å². The zero-order valence-electron chi connectivity index (χ0n) is 11.5. The Morgan fingerprint density at radius 2 is 2.10 bits per heavy atom. The molecule has 2 aromatic rings. The molecule has 1 aromatic carbocycles. The fourth-order valence-corrected chi connectivity index (χ4v) is 2.84. The Kier molecular flexibility index (Phi) is 4.25. The molecule has 1 aromatic heterocycles. The van der Waals surface area contributed by atoms with E-state index in [0.717, 1.165) is 29.0 Å². The second-order valence-corrected chi connectivity index (χ2v) is 5.83. The SMILES string of the molecule is CCOc1ccccc1CSCc1nnc(C2CC2)o1. The van der Waals surface area contributed by atoms with Gasteiger partial charge in [-0.2, -0.15) is 0 Å². The Bertz CT molecular complexity index is 567. The number of nitrogens with zero attached hydrogens (tertiary/aromatic N) is 2. The number of rotatable bonds is 7. The summed E-state index contributed by atoms with van der Waals surface area (Å²) in [5, 5.41) is 8.19. The third-order valence-electron chi connectivity index (χ3n) is 3.16. The van der Waals surface area contributed by atoms with Gasteiger partial charge in [-0.25, -0.2) is 0 Å². The number of ether oxygens (including phenoxy) is 1. The molecular formula is C15H18N2O2S. The lowest BCUT2D eigenvalue weighted by Crippen LogP contribution is -1.95. The Balaban J connectivity index is 1.53. The van der Waals surface area contributed by atoms with Gasteiger partial charge in [-0.15, -0.1) is 22.0 Å². The van der Waals surface area contributed by atoms with Gasteiger partial charge in [0.1, 0.15) is 5.75 Å². The van der Waals surface area contributed by atoms with Crippen LogP contribution in [0.15, 0.2) is 28.7 Å². The molecule has 20 heavy (non-hydrogen) atoms. The first kappa shape index (κ1) is 13.5. The lowest BCUT2D eigenvalue weighted by molar-refractivity contribution is 0.337. The van der Waals surface area contributed by atoms with Gasteiger partial charge in [-0.3, -0.25) is 0 Å². The molecule has 1 aliphatic carbocycles. The van der Waals surface area contributed by atoms with Crippen LogP contribution in [0.4, 0.5) is 0 Å². The van der Waals surface area contributed by atoms with Crippen LogP contribution in [0.1, 0.15) is 43.0 Å². The van der Waals surface area contributed by atoms with Crippen LogP contribution >= 0.6 is 11.8 Å². The van der Waals surface area contributed by atoms with Crippen molar-refractivity contribution in [2.24, 2.45) is 0 Å². The van der Waals surface area contributed by atoms with Crippen molar-refractivity contribution in [2.45, 2.75) is 37.2 Å². The fourth-order valence-electron chi connectivity index (χ4n) is 1.99. The summed E-state index contributed by atoms with van der Waals surface area (Å²) >= 11 is 1.77. The predicted octanol–water partition coefficient (Wildman–Crippen LogP) is 3.78. The van der Waals surface area contributed by atoms with E-state index in [1.54, 1.807) is 11.8 Å². The van der Waals surface area contributed by atoms with Gasteiger partial charge in [0.25, 0.3) is 0 Å². The van der Waals surface area contributed by atoms with Gasteiger partial charge in [0.2, 0.25) is 11.8 Å². The van der Waals surface area contributed by atoms with Crippen molar-refractivity contribution >= 4 is 11.8 Å². The van der Waals surface area contributed by atoms with Gasteiger partial charge in [0.15, 0.2) is 0 Å². The quantitative estimate of drug-likeness (QED) is 0.776. The van der Waals surface area contributed by atoms with Crippen molar-refractivity contribution < 1.29 is 9.15 Å². The van der Waals surface area contributed by atoms with Gasteiger partial charge in [-0.1, -0.05) is 18.2 Å². The van der Waals surface area contributed by atoms with Crippen LogP contribution in [0, 0.1) is 0 Å². The third kappa shape index (κ3) is 3.33. The summed E-state index contributed by atoms with van der Waals surface area (Å²) in [5.74, 6) is 4.67. The van der Waals surface area contributed by atoms with Crippen molar-refractivity contribution in [2.75, 3.05) is 6.61 Å². The van der Waals surface area contributed by atoms with E-state index in [4.69, 9.17) is 9.15 Å². The van der Waals surface area contributed by atoms with Crippen molar-refractivity contribution in [3.05, 3.63) is 41.6 Å². The summed E-state index contributed by atoms with van der Waals surface area (Å²) in [6, 6.07) is 8.15. The first-order valence-electron chi connectivity index (χ1n) is 6.97. The molecule has 0 radical (unpaired) electrons. The van der Waals surface area contributed by atoms with Gasteiger partial charge >= 0.3 is 0 Å². The minimum absolute atomic E-state index is 0.528. The molecule has 4 nitrogen and oxygen atoms in total. The maximum Gasteiger partial charge on any atom is 0.226 e. The molecule has 0 atom stereocenters. The monoisotopic (exact) mass is 290 g/mol. The highest BCUT2D eigenvalue weighted by Crippen LogP contribution is 2.39. The molecule has 106 valence electrons. The second-order valence-electron chi connectivity index (χ2n) is 4.84. The summed E-state index contributed by atoms with van der Waals surface area (Å²) in [6.07, 6.45) is 2.38. The predicted molar refractivity (Wildman–Crippen MR) is 78.9 cm³/mol. The van der Waals surface area contributed by atoms with E-state index in [1.807, 2.05) is 25.1 Å². The molecule has 0 saturated heterocycles. The number of thioether (sulfide) groups is 1. The Morgan fingerprint density at radius 3 is 2.90 bits per heavy atom. The van der Waals surface area contributed by atoms with E-state index in [-0.39, 0.29) is 0 Å². The molecular weight excluding hydrogens is 272 g/mol. The number of hydrogen-bond acceptors (Lipinski definition) is 5. The van der Waals surface area contributed by atoms with Crippen molar-refractivity contribution in [3.8, 4) is 5.75 Å². The number of aromatic nitrogens is 2. The molecule has 0 N–H and O–H groups in total. The molecule has 3 rings (SSSR count). The van der Waals surface area contributed by atoms with Gasteiger partial charge < -0.3 is 9.15 Å². The van der Waals surface area contributed by atoms with Crippen LogP contribution in [0.2, 0.25) is 0 Å². The number of para-hydroxylation sites is 1. The van der Waals surface area contributed by atoms with Gasteiger partial charge in [0, 0.05) is 17.2 Å². The Hall–Kier alpha value is -1.49. The Labute approximate surface area is 122 Å². The maximum atomic E-state index is 5.65. The molecule has 0 unspecified atom stereocenters. The summed E-state index contributed by atoms with van der Waals surface area (Å²) in [5.41, 5.74) is 1.21. The van der Waals surface area contributed by atoms with E-state index in [0.29, 0.717) is 12.5 Å². The highest BCUT2D eigenvalue weighted by Gasteiger charge is 2.29. The molecule has 0 amide bonds. The van der Waals surface area contributed by atoms with Crippen LogP contribution in [0.5, 0.6) is 5.75 Å². The summed E-state index contributed by atoms with van der Waals surface area (Å²) in [7, 11) is 0. The van der Waals surface area contributed by atoms with E-state index in [1.165, 1.54) is 18.4 Å². The standard InChI is InChI=1S/C15H18N2O2S/c1-2-18-13-6-4-3-5-12(13)9-20-10-14-16-17-15(19-14)11-7-8-11/h3-6,11H,2,7-10H2,1H3. The average Bonchev–Trinajstić information content (AvgIpc) is 3.21. The number of benzene rings is 1. The van der Waals surface area contributed by atoms with Crippen LogP contribution < -0.4 is 4.74 Å². The second kappa shape index (κ2) is 6.31. The molecule has 0 bridgehead atoms. The van der Waals surface area contributed by atoms with E-state index in [9.17, 15) is 0 Å². The molecule has 0 spiro atoms. The van der Waals surface area contributed by atoms with Crippen LogP contribution in [-0.2, 0) is 11.5 Å². The largest absolute Gasteiger partial charge is 0.494 e. The molecule has 1 heterocycles. The normalized spacial score (nSPS) is 14.4. The molecule has 0 aliphatic heterocycles. The lowest BCUT2D eigenvalue weighted by Gasteiger charge is -2.08. The van der Waals surface area contributed by atoms with Crippen LogP contribution in [0.25, 0.3) is 0 Å². The zero-order valence-corrected chi connectivity index (χ0v) is 12.4. The highest BCUT2D eigenvalue weighted by molar-refractivity contribution is 7.97. The minimum Gasteiger partial charge on any atom is -0.494 e. The molecule has 5 heteroatoms. The third-order valence-corrected chi connectivity index (χ3v) is 4.13. The lowest BCUT2D eigenvalue weighted by atomic mass is 10.2. The van der Waals surface area contributed by atoms with Crippen LogP contribution in [-0.4, -0.2) is 16.8 Å². The summed E-state index contributed by atoms with van der Waals surface area (Å²) < 4.78 is 11.3. The van der Waals surface area contributed by atoms with Gasteiger partial charge in [-0.05, 0) is 25.8 Å². The first-order chi connectivity index (χ1) is 9.86. The van der Waals surface area contributed by atoms with E-state index >= 15 is 0 Å².